The molecule has 3 nitrogen and oxygen atoms in total. The molecule has 0 radical (unpaired) electrons. The van der Waals surface area contributed by atoms with Crippen LogP contribution < -0.4 is 5.73 Å². The lowest BCUT2D eigenvalue weighted by atomic mass is 10.1. The zero-order valence-corrected chi connectivity index (χ0v) is 9.10. The Morgan fingerprint density at radius 1 is 1.38 bits per heavy atom. The Balaban J connectivity index is 2.38. The lowest BCUT2D eigenvalue weighted by molar-refractivity contribution is 0.334. The molecule has 84 valence electrons. The standard InChI is InChI=1S/C12H14FN3/c1-16-12(10(13)8-14)7-11(15-16)9-5-3-2-4-6-9/h2-7,10H,8,14H2,1H3. The number of benzene rings is 1. The van der Waals surface area contributed by atoms with Crippen LogP contribution in [0.3, 0.4) is 0 Å². The van der Waals surface area contributed by atoms with Crippen molar-refractivity contribution in [2.45, 2.75) is 6.17 Å². The summed E-state index contributed by atoms with van der Waals surface area (Å²) in [5, 5.41) is 4.27. The summed E-state index contributed by atoms with van der Waals surface area (Å²) in [6.07, 6.45) is -1.16. The van der Waals surface area contributed by atoms with Gasteiger partial charge in [-0.25, -0.2) is 4.39 Å². The van der Waals surface area contributed by atoms with Gasteiger partial charge in [-0.15, -0.1) is 0 Å². The lowest BCUT2D eigenvalue weighted by Gasteiger charge is -2.03. The normalized spacial score (nSPS) is 12.7. The first-order valence-electron chi connectivity index (χ1n) is 5.16. The molecule has 1 heterocycles. The van der Waals surface area contributed by atoms with Gasteiger partial charge in [0.15, 0.2) is 6.17 Å². The molecule has 0 fully saturated rings. The highest BCUT2D eigenvalue weighted by atomic mass is 19.1. The van der Waals surface area contributed by atoms with Gasteiger partial charge in [0.05, 0.1) is 11.4 Å². The molecule has 0 aliphatic rings. The van der Waals surface area contributed by atoms with E-state index in [1.165, 1.54) is 0 Å². The van der Waals surface area contributed by atoms with E-state index in [0.717, 1.165) is 11.3 Å². The number of hydrogen-bond donors (Lipinski definition) is 1. The molecule has 0 saturated carbocycles. The first kappa shape index (κ1) is 10.8. The van der Waals surface area contributed by atoms with Crippen LogP contribution in [0.1, 0.15) is 11.9 Å². The second-order valence-corrected chi connectivity index (χ2v) is 3.65. The van der Waals surface area contributed by atoms with Gasteiger partial charge in [0.2, 0.25) is 0 Å². The van der Waals surface area contributed by atoms with E-state index >= 15 is 0 Å². The van der Waals surface area contributed by atoms with Crippen molar-refractivity contribution in [3.05, 3.63) is 42.1 Å². The van der Waals surface area contributed by atoms with Crippen LogP contribution in [-0.4, -0.2) is 16.3 Å². The fourth-order valence-electron chi connectivity index (χ4n) is 1.65. The van der Waals surface area contributed by atoms with Crippen LogP contribution in [0, 0.1) is 0 Å². The van der Waals surface area contributed by atoms with Crippen LogP contribution in [0.2, 0.25) is 0 Å². The zero-order valence-electron chi connectivity index (χ0n) is 9.10. The number of nitrogens with two attached hydrogens (primary N) is 1. The Morgan fingerprint density at radius 3 is 2.69 bits per heavy atom. The maximum atomic E-state index is 13.5. The molecule has 1 aromatic heterocycles. The van der Waals surface area contributed by atoms with Crippen molar-refractivity contribution in [3.63, 3.8) is 0 Å². The lowest BCUT2D eigenvalue weighted by Crippen LogP contribution is -2.11. The zero-order chi connectivity index (χ0) is 11.5. The van der Waals surface area contributed by atoms with Gasteiger partial charge in [-0.1, -0.05) is 30.3 Å². The van der Waals surface area contributed by atoms with E-state index in [2.05, 4.69) is 5.10 Å². The van der Waals surface area contributed by atoms with Gasteiger partial charge < -0.3 is 5.73 Å². The van der Waals surface area contributed by atoms with E-state index < -0.39 is 6.17 Å². The first-order valence-corrected chi connectivity index (χ1v) is 5.16. The predicted octanol–water partition coefficient (Wildman–Crippen LogP) is 2.06. The number of halogens is 1. The fourth-order valence-corrected chi connectivity index (χ4v) is 1.65. The van der Waals surface area contributed by atoms with Crippen LogP contribution in [0.4, 0.5) is 4.39 Å². The van der Waals surface area contributed by atoms with Crippen LogP contribution in [-0.2, 0) is 7.05 Å². The summed E-state index contributed by atoms with van der Waals surface area (Å²) in [4.78, 5) is 0. The molecule has 0 aliphatic carbocycles. The third kappa shape index (κ3) is 1.97. The molecule has 0 amide bonds. The maximum Gasteiger partial charge on any atom is 0.154 e. The molecule has 4 heteroatoms. The highest BCUT2D eigenvalue weighted by Gasteiger charge is 2.14. The number of aryl methyl sites for hydroxylation is 1. The summed E-state index contributed by atoms with van der Waals surface area (Å²) in [5.74, 6) is 0. The molecule has 0 spiro atoms. The van der Waals surface area contributed by atoms with Crippen molar-refractivity contribution < 1.29 is 4.39 Å². The molecule has 1 atom stereocenters. The minimum absolute atomic E-state index is 0.0201. The third-order valence-electron chi connectivity index (χ3n) is 2.51. The van der Waals surface area contributed by atoms with Crippen molar-refractivity contribution in [3.8, 4) is 11.3 Å². The molecule has 1 unspecified atom stereocenters. The van der Waals surface area contributed by atoms with Gasteiger partial charge in [-0.05, 0) is 6.07 Å². The molecule has 2 aromatic rings. The van der Waals surface area contributed by atoms with Crippen LogP contribution >= 0.6 is 0 Å². The highest BCUT2D eigenvalue weighted by molar-refractivity contribution is 5.59. The van der Waals surface area contributed by atoms with Gasteiger partial charge in [0, 0.05) is 19.2 Å². The summed E-state index contributed by atoms with van der Waals surface area (Å²) >= 11 is 0. The highest BCUT2D eigenvalue weighted by Crippen LogP contribution is 2.23. The number of alkyl halides is 1. The first-order chi connectivity index (χ1) is 7.72. The predicted molar refractivity (Wildman–Crippen MR) is 61.5 cm³/mol. The molecule has 2 rings (SSSR count). The molecule has 0 aliphatic heterocycles. The summed E-state index contributed by atoms with van der Waals surface area (Å²) in [6.45, 7) is -0.0201. The second-order valence-electron chi connectivity index (χ2n) is 3.65. The van der Waals surface area contributed by atoms with E-state index in [9.17, 15) is 4.39 Å². The van der Waals surface area contributed by atoms with E-state index in [1.807, 2.05) is 30.3 Å². The van der Waals surface area contributed by atoms with Crippen molar-refractivity contribution in [1.29, 1.82) is 0 Å². The van der Waals surface area contributed by atoms with Crippen molar-refractivity contribution in [2.75, 3.05) is 6.54 Å². The quantitative estimate of drug-likeness (QED) is 0.858. The Labute approximate surface area is 93.7 Å². The second kappa shape index (κ2) is 4.45. The Bertz CT molecular complexity index is 464. The molecular weight excluding hydrogens is 205 g/mol. The van der Waals surface area contributed by atoms with Gasteiger partial charge >= 0.3 is 0 Å². The summed E-state index contributed by atoms with van der Waals surface area (Å²) < 4.78 is 15.0. The van der Waals surface area contributed by atoms with Crippen molar-refractivity contribution in [2.24, 2.45) is 12.8 Å². The topological polar surface area (TPSA) is 43.8 Å². The SMILES string of the molecule is Cn1nc(-c2ccccc2)cc1C(F)CN. The van der Waals surface area contributed by atoms with Crippen LogP contribution in [0.25, 0.3) is 11.3 Å². The number of nitrogens with zero attached hydrogens (tertiary/aromatic N) is 2. The van der Waals surface area contributed by atoms with E-state index in [1.54, 1.807) is 17.8 Å². The molecule has 0 saturated heterocycles. The van der Waals surface area contributed by atoms with Crippen molar-refractivity contribution in [1.82, 2.24) is 9.78 Å². The minimum Gasteiger partial charge on any atom is -0.327 e. The fraction of sp³-hybridized carbons (Fsp3) is 0.250. The Kier molecular flexibility index (Phi) is 3.01. The number of hydrogen-bond acceptors (Lipinski definition) is 2. The Hall–Kier alpha value is -1.68. The Morgan fingerprint density at radius 2 is 2.06 bits per heavy atom. The van der Waals surface area contributed by atoms with E-state index in [-0.39, 0.29) is 6.54 Å². The van der Waals surface area contributed by atoms with Gasteiger partial charge in [0.1, 0.15) is 0 Å². The number of rotatable bonds is 3. The van der Waals surface area contributed by atoms with E-state index in [4.69, 9.17) is 5.73 Å². The van der Waals surface area contributed by atoms with E-state index in [0.29, 0.717) is 5.69 Å². The summed E-state index contributed by atoms with van der Waals surface area (Å²) in [6, 6.07) is 11.4. The maximum absolute atomic E-state index is 13.5. The summed E-state index contributed by atoms with van der Waals surface area (Å²) in [5.41, 5.74) is 7.57. The van der Waals surface area contributed by atoms with Crippen LogP contribution in [0.5, 0.6) is 0 Å². The monoisotopic (exact) mass is 219 g/mol. The molecule has 2 N–H and O–H groups in total. The number of aromatic nitrogens is 2. The molecule has 0 bridgehead atoms. The third-order valence-corrected chi connectivity index (χ3v) is 2.51. The van der Waals surface area contributed by atoms with Crippen molar-refractivity contribution >= 4 is 0 Å². The molecular formula is C12H14FN3. The van der Waals surface area contributed by atoms with Gasteiger partial charge in [-0.2, -0.15) is 5.10 Å². The molecule has 16 heavy (non-hydrogen) atoms. The minimum atomic E-state index is -1.16. The van der Waals surface area contributed by atoms with Gasteiger partial charge in [0.25, 0.3) is 0 Å². The smallest absolute Gasteiger partial charge is 0.154 e. The largest absolute Gasteiger partial charge is 0.327 e. The average Bonchev–Trinajstić information content (AvgIpc) is 2.71. The van der Waals surface area contributed by atoms with Gasteiger partial charge in [-0.3, -0.25) is 4.68 Å². The average molecular weight is 219 g/mol. The summed E-state index contributed by atoms with van der Waals surface area (Å²) in [7, 11) is 1.73. The van der Waals surface area contributed by atoms with Crippen LogP contribution in [0.15, 0.2) is 36.4 Å². The molecule has 1 aromatic carbocycles.